The predicted octanol–water partition coefficient (Wildman–Crippen LogP) is -3.58. The number of ether oxygens (including phenoxy) is 2. The highest BCUT2D eigenvalue weighted by Crippen LogP contribution is 2.22. The van der Waals surface area contributed by atoms with Crippen LogP contribution in [0.1, 0.15) is 6.92 Å². The molecule has 6 atom stereocenters. The Balaban J connectivity index is 0.00000289. The highest BCUT2D eigenvalue weighted by atomic mass is 16.6. The predicted molar refractivity (Wildman–Crippen MR) is 57.5 cm³/mol. The van der Waals surface area contributed by atoms with Crippen molar-refractivity contribution in [1.82, 2.24) is 0 Å². The number of carboxylic acid groups (broad SMARTS) is 1. The topological polar surface area (TPSA) is 174 Å². The van der Waals surface area contributed by atoms with Crippen molar-refractivity contribution in [2.24, 2.45) is 5.73 Å². The minimum atomic E-state index is -1.43. The van der Waals surface area contributed by atoms with Crippen LogP contribution in [-0.4, -0.2) is 75.2 Å². The van der Waals surface area contributed by atoms with Crippen molar-refractivity contribution < 1.29 is 40.2 Å². The van der Waals surface area contributed by atoms with Gasteiger partial charge in [0.05, 0.1) is 12.6 Å². The highest BCUT2D eigenvalue weighted by Gasteiger charge is 2.44. The van der Waals surface area contributed by atoms with Crippen molar-refractivity contribution in [3.8, 4) is 0 Å². The van der Waals surface area contributed by atoms with Crippen molar-refractivity contribution in [3.63, 3.8) is 0 Å². The molecule has 1 unspecified atom stereocenters. The molecule has 18 heavy (non-hydrogen) atoms. The molecule has 0 saturated carbocycles. The lowest BCUT2D eigenvalue weighted by atomic mass is 9.97. The first-order valence-electron chi connectivity index (χ1n) is 5.14. The Hall–Kier alpha value is -0.810. The first kappa shape index (κ1) is 17.2. The fourth-order valence-corrected chi connectivity index (χ4v) is 1.57. The average Bonchev–Trinajstić information content (AvgIpc) is 2.28. The molecule has 108 valence electrons. The first-order chi connectivity index (χ1) is 7.88. The van der Waals surface area contributed by atoms with Gasteiger partial charge < -0.3 is 41.1 Å². The maximum atomic E-state index is 10.6. The van der Waals surface area contributed by atoms with Crippen molar-refractivity contribution in [2.45, 2.75) is 43.7 Å². The van der Waals surface area contributed by atoms with Crippen LogP contribution in [0.15, 0.2) is 0 Å². The smallest absolute Gasteiger partial charge is 0.332 e. The van der Waals surface area contributed by atoms with Crippen LogP contribution in [-0.2, 0) is 14.3 Å². The molecule has 0 aromatic rings. The van der Waals surface area contributed by atoms with Gasteiger partial charge in [-0.1, -0.05) is 0 Å². The van der Waals surface area contributed by atoms with E-state index in [4.69, 9.17) is 25.4 Å². The summed E-state index contributed by atoms with van der Waals surface area (Å²) in [6.45, 7) is 0.740. The van der Waals surface area contributed by atoms with Crippen molar-refractivity contribution in [1.29, 1.82) is 0 Å². The second-order valence-corrected chi connectivity index (χ2v) is 3.90. The molecule has 0 aromatic heterocycles. The third-order valence-corrected chi connectivity index (χ3v) is 2.63. The number of nitrogens with two attached hydrogens (primary N) is 1. The number of hydrogen-bond donors (Lipinski definition) is 5. The van der Waals surface area contributed by atoms with Gasteiger partial charge in [0, 0.05) is 0 Å². The number of rotatable bonds is 4. The zero-order chi connectivity index (χ0) is 13.2. The summed E-state index contributed by atoms with van der Waals surface area (Å²) < 4.78 is 9.89. The molecule has 0 bridgehead atoms. The Labute approximate surface area is 103 Å². The number of aliphatic carboxylic acids is 1. The summed E-state index contributed by atoms with van der Waals surface area (Å²) in [4.78, 5) is 10.6. The Morgan fingerprint density at radius 2 is 2.06 bits per heavy atom. The van der Waals surface area contributed by atoms with Crippen molar-refractivity contribution in [3.05, 3.63) is 0 Å². The molecular weight excluding hydrogens is 250 g/mol. The molecule has 8 N–H and O–H groups in total. The van der Waals surface area contributed by atoms with Crippen LogP contribution >= 0.6 is 0 Å². The molecule has 0 aliphatic carbocycles. The Bertz CT molecular complexity index is 275. The molecule has 1 heterocycles. The van der Waals surface area contributed by atoms with E-state index in [0.717, 1.165) is 0 Å². The second kappa shape index (κ2) is 6.95. The molecule has 0 aromatic carbocycles. The Morgan fingerprint density at radius 3 is 2.50 bits per heavy atom. The summed E-state index contributed by atoms with van der Waals surface area (Å²) in [6, 6.07) is -1.09. The number of hydrogen-bond acceptors (Lipinski definition) is 7. The summed E-state index contributed by atoms with van der Waals surface area (Å²) >= 11 is 0. The maximum Gasteiger partial charge on any atom is 0.332 e. The summed E-state index contributed by atoms with van der Waals surface area (Å²) in [5.41, 5.74) is 5.54. The number of aliphatic hydroxyl groups excluding tert-OH is 3. The third-order valence-electron chi connectivity index (χ3n) is 2.63. The SMILES string of the molecule is CC(O[C@@H]1[C@@H](N)[C@@H](O)O[C@H](CO)[C@H]1O)C(=O)O.O. The van der Waals surface area contributed by atoms with Crippen molar-refractivity contribution in [2.75, 3.05) is 6.61 Å². The van der Waals surface area contributed by atoms with Gasteiger partial charge in [-0.25, -0.2) is 4.79 Å². The molecule has 0 radical (unpaired) electrons. The van der Waals surface area contributed by atoms with E-state index in [2.05, 4.69) is 0 Å². The quantitative estimate of drug-likeness (QED) is 0.348. The molecule has 9 nitrogen and oxygen atoms in total. The van der Waals surface area contributed by atoms with Gasteiger partial charge in [0.15, 0.2) is 12.4 Å². The Morgan fingerprint density at radius 1 is 1.50 bits per heavy atom. The number of carboxylic acids is 1. The largest absolute Gasteiger partial charge is 0.479 e. The minimum Gasteiger partial charge on any atom is -0.479 e. The third kappa shape index (κ3) is 3.59. The second-order valence-electron chi connectivity index (χ2n) is 3.90. The molecule has 1 rings (SSSR count). The van der Waals surface area contributed by atoms with E-state index >= 15 is 0 Å². The van der Waals surface area contributed by atoms with E-state index in [1.54, 1.807) is 0 Å². The normalized spacial score (nSPS) is 37.7. The zero-order valence-corrected chi connectivity index (χ0v) is 9.76. The summed E-state index contributed by atoms with van der Waals surface area (Å²) in [5.74, 6) is -1.22. The molecule has 0 amide bonds. The van der Waals surface area contributed by atoms with Gasteiger partial charge in [-0.05, 0) is 6.92 Å². The summed E-state index contributed by atoms with van der Waals surface area (Å²) in [7, 11) is 0. The highest BCUT2D eigenvalue weighted by molar-refractivity contribution is 5.71. The van der Waals surface area contributed by atoms with Gasteiger partial charge in [0.1, 0.15) is 18.3 Å². The average molecular weight is 269 g/mol. The lowest BCUT2D eigenvalue weighted by molar-refractivity contribution is -0.262. The standard InChI is InChI=1S/C9H17NO7.H2O/c1-3(8(13)14)16-7-5(10)9(15)17-4(2-11)6(7)12;/h3-7,9,11-12,15H,2,10H2,1H3,(H,13,14);1H2/t3?,4-,5-,6-,7-,9+;/m1./s1. The lowest BCUT2D eigenvalue weighted by Gasteiger charge is -2.41. The summed E-state index contributed by atoms with van der Waals surface area (Å²) in [5, 5.41) is 36.8. The van der Waals surface area contributed by atoms with Crippen LogP contribution in [0.3, 0.4) is 0 Å². The van der Waals surface area contributed by atoms with Gasteiger partial charge in [0.25, 0.3) is 0 Å². The monoisotopic (exact) mass is 269 g/mol. The fourth-order valence-electron chi connectivity index (χ4n) is 1.57. The van der Waals surface area contributed by atoms with Gasteiger partial charge in [-0.3, -0.25) is 0 Å². The number of carbonyl (C=O) groups is 1. The first-order valence-corrected chi connectivity index (χ1v) is 5.14. The van der Waals surface area contributed by atoms with E-state index in [-0.39, 0.29) is 5.48 Å². The zero-order valence-electron chi connectivity index (χ0n) is 9.76. The van der Waals surface area contributed by atoms with Gasteiger partial charge >= 0.3 is 5.97 Å². The van der Waals surface area contributed by atoms with Crippen LogP contribution in [0.5, 0.6) is 0 Å². The van der Waals surface area contributed by atoms with Crippen molar-refractivity contribution >= 4 is 5.97 Å². The molecule has 0 spiro atoms. The minimum absolute atomic E-state index is 0. The van der Waals surface area contributed by atoms with Crippen LogP contribution in [0.2, 0.25) is 0 Å². The van der Waals surface area contributed by atoms with Crippen LogP contribution in [0, 0.1) is 0 Å². The van der Waals surface area contributed by atoms with Crippen LogP contribution in [0.25, 0.3) is 0 Å². The van der Waals surface area contributed by atoms with Gasteiger partial charge in [-0.2, -0.15) is 0 Å². The van der Waals surface area contributed by atoms with Crippen LogP contribution < -0.4 is 5.73 Å². The lowest BCUT2D eigenvalue weighted by Crippen LogP contribution is -2.63. The molecule has 1 aliphatic heterocycles. The van der Waals surface area contributed by atoms with E-state index in [1.165, 1.54) is 6.92 Å². The van der Waals surface area contributed by atoms with E-state index in [9.17, 15) is 15.0 Å². The molecular formula is C9H19NO8. The molecule has 9 heteroatoms. The van der Waals surface area contributed by atoms with E-state index in [0.29, 0.717) is 0 Å². The van der Waals surface area contributed by atoms with E-state index < -0.39 is 49.3 Å². The molecule has 1 aliphatic rings. The van der Waals surface area contributed by atoms with Gasteiger partial charge in [0.2, 0.25) is 0 Å². The van der Waals surface area contributed by atoms with E-state index in [1.807, 2.05) is 0 Å². The summed E-state index contributed by atoms with van der Waals surface area (Å²) in [6.07, 6.45) is -6.11. The molecule has 1 saturated heterocycles. The number of aliphatic hydroxyl groups is 3. The van der Waals surface area contributed by atoms with Crippen LogP contribution in [0.4, 0.5) is 0 Å². The fraction of sp³-hybridized carbons (Fsp3) is 0.889. The van der Waals surface area contributed by atoms with Gasteiger partial charge in [-0.15, -0.1) is 0 Å². The Kier molecular flexibility index (Phi) is 6.63. The maximum absolute atomic E-state index is 10.6. The molecule has 1 fully saturated rings.